The van der Waals surface area contributed by atoms with Crippen LogP contribution in [0.5, 0.6) is 0 Å². The summed E-state index contributed by atoms with van der Waals surface area (Å²) in [4.78, 5) is 11.5. The lowest BCUT2D eigenvalue weighted by atomic mass is 10.1. The molecule has 1 rings (SSSR count). The Bertz CT molecular complexity index is 191. The van der Waals surface area contributed by atoms with Crippen LogP contribution in [0.3, 0.4) is 0 Å². The molecule has 1 fully saturated rings. The highest BCUT2D eigenvalue weighted by atomic mass is 32.2. The molecule has 82 valence electrons. The van der Waals surface area contributed by atoms with Crippen LogP contribution >= 0.6 is 11.8 Å². The first-order valence-electron chi connectivity index (χ1n) is 5.08. The number of nitrogens with one attached hydrogen (secondary N) is 1. The molecule has 14 heavy (non-hydrogen) atoms. The lowest BCUT2D eigenvalue weighted by Gasteiger charge is -2.27. The quantitative estimate of drug-likeness (QED) is 0.777. The van der Waals surface area contributed by atoms with Gasteiger partial charge in [0.05, 0.1) is 0 Å². The van der Waals surface area contributed by atoms with Crippen LogP contribution < -0.4 is 5.32 Å². The maximum absolute atomic E-state index is 11.5. The van der Waals surface area contributed by atoms with Gasteiger partial charge in [-0.05, 0) is 19.8 Å². The van der Waals surface area contributed by atoms with E-state index in [0.717, 1.165) is 17.4 Å². The number of thioether (sulfide) groups is 1. The Morgan fingerprint density at radius 3 is 2.79 bits per heavy atom. The molecule has 0 bridgehead atoms. The summed E-state index contributed by atoms with van der Waals surface area (Å²) >= 11 is 1.93. The van der Waals surface area contributed by atoms with Gasteiger partial charge in [0.25, 0.3) is 0 Å². The van der Waals surface area contributed by atoms with E-state index in [1.807, 2.05) is 11.8 Å². The zero-order chi connectivity index (χ0) is 10.6. The van der Waals surface area contributed by atoms with Gasteiger partial charge >= 0.3 is 0 Å². The number of amides is 1. The molecular formula is C10H19NO2S. The third-order valence-electron chi connectivity index (χ3n) is 2.57. The van der Waals surface area contributed by atoms with Gasteiger partial charge in [0.2, 0.25) is 5.91 Å². The molecule has 3 atom stereocenters. The second kappa shape index (κ2) is 5.61. The number of hydrogen-bond donors (Lipinski definition) is 1. The molecule has 0 aromatic rings. The molecule has 0 saturated carbocycles. The van der Waals surface area contributed by atoms with Crippen molar-refractivity contribution in [1.82, 2.24) is 5.32 Å². The van der Waals surface area contributed by atoms with Crippen molar-refractivity contribution in [2.24, 2.45) is 0 Å². The Morgan fingerprint density at radius 1 is 1.57 bits per heavy atom. The van der Waals surface area contributed by atoms with E-state index in [1.54, 1.807) is 14.0 Å². The summed E-state index contributed by atoms with van der Waals surface area (Å²) in [7, 11) is 1.56. The van der Waals surface area contributed by atoms with Crippen molar-refractivity contribution in [2.75, 3.05) is 12.9 Å². The third-order valence-corrected chi connectivity index (χ3v) is 3.97. The van der Waals surface area contributed by atoms with E-state index >= 15 is 0 Å². The lowest BCUT2D eigenvalue weighted by molar-refractivity contribution is -0.130. The highest BCUT2D eigenvalue weighted by Crippen LogP contribution is 2.24. The van der Waals surface area contributed by atoms with Crippen LogP contribution in [-0.2, 0) is 9.53 Å². The Balaban J connectivity index is 2.27. The van der Waals surface area contributed by atoms with Gasteiger partial charge in [-0.25, -0.2) is 0 Å². The molecule has 1 heterocycles. The van der Waals surface area contributed by atoms with Crippen LogP contribution in [0.4, 0.5) is 0 Å². The molecule has 0 spiro atoms. The summed E-state index contributed by atoms with van der Waals surface area (Å²) < 4.78 is 4.96. The van der Waals surface area contributed by atoms with Crippen molar-refractivity contribution >= 4 is 17.7 Å². The smallest absolute Gasteiger partial charge is 0.249 e. The molecule has 0 radical (unpaired) electrons. The summed E-state index contributed by atoms with van der Waals surface area (Å²) in [5.41, 5.74) is 0. The van der Waals surface area contributed by atoms with Gasteiger partial charge < -0.3 is 10.1 Å². The van der Waals surface area contributed by atoms with E-state index in [4.69, 9.17) is 4.74 Å². The molecular weight excluding hydrogens is 198 g/mol. The standard InChI is InChI=1S/C10H19NO2S/c1-7-4-5-9(6-14-7)11-10(12)8(2)13-3/h7-9H,4-6H2,1-3H3,(H,11,12). The highest BCUT2D eigenvalue weighted by Gasteiger charge is 2.22. The van der Waals surface area contributed by atoms with Gasteiger partial charge in [-0.3, -0.25) is 4.79 Å². The molecule has 3 unspecified atom stereocenters. The molecule has 1 aliphatic heterocycles. The van der Waals surface area contributed by atoms with Crippen LogP contribution in [0.15, 0.2) is 0 Å². The third kappa shape index (κ3) is 3.50. The number of ether oxygens (including phenoxy) is 1. The molecule has 1 N–H and O–H groups in total. The van der Waals surface area contributed by atoms with E-state index in [9.17, 15) is 4.79 Å². The minimum Gasteiger partial charge on any atom is -0.372 e. The first-order chi connectivity index (χ1) is 6.63. The Labute approximate surface area is 90.0 Å². The molecule has 1 aliphatic rings. The summed E-state index contributed by atoms with van der Waals surface area (Å²) in [6.45, 7) is 4.01. The van der Waals surface area contributed by atoms with Gasteiger partial charge in [0.1, 0.15) is 6.10 Å². The van der Waals surface area contributed by atoms with Gasteiger partial charge in [-0.15, -0.1) is 0 Å². The van der Waals surface area contributed by atoms with E-state index < -0.39 is 0 Å². The molecule has 0 aromatic heterocycles. The normalized spacial score (nSPS) is 29.6. The fourth-order valence-electron chi connectivity index (χ4n) is 1.42. The summed E-state index contributed by atoms with van der Waals surface area (Å²) in [6, 6.07) is 0.335. The Kier molecular flexibility index (Phi) is 4.75. The van der Waals surface area contributed by atoms with Crippen LogP contribution in [0.25, 0.3) is 0 Å². The first kappa shape index (κ1) is 11.9. The van der Waals surface area contributed by atoms with Crippen molar-refractivity contribution in [1.29, 1.82) is 0 Å². The fourth-order valence-corrected chi connectivity index (χ4v) is 2.54. The minimum atomic E-state index is -0.334. The first-order valence-corrected chi connectivity index (χ1v) is 6.13. The Morgan fingerprint density at radius 2 is 2.29 bits per heavy atom. The molecule has 4 heteroatoms. The van der Waals surface area contributed by atoms with Gasteiger partial charge in [0, 0.05) is 24.2 Å². The average molecular weight is 217 g/mol. The van der Waals surface area contributed by atoms with Crippen molar-refractivity contribution in [3.63, 3.8) is 0 Å². The van der Waals surface area contributed by atoms with Gasteiger partial charge in [0.15, 0.2) is 0 Å². The van der Waals surface area contributed by atoms with Crippen LogP contribution in [-0.4, -0.2) is 36.2 Å². The SMILES string of the molecule is COC(C)C(=O)NC1CCC(C)SC1. The highest BCUT2D eigenvalue weighted by molar-refractivity contribution is 7.99. The zero-order valence-electron chi connectivity index (χ0n) is 9.08. The fraction of sp³-hybridized carbons (Fsp3) is 0.900. The second-order valence-corrected chi connectivity index (χ2v) is 5.28. The molecule has 0 aromatic carbocycles. The van der Waals surface area contributed by atoms with Gasteiger partial charge in [-0.1, -0.05) is 6.92 Å². The Hall–Kier alpha value is -0.220. The largest absolute Gasteiger partial charge is 0.372 e. The van der Waals surface area contributed by atoms with E-state index in [2.05, 4.69) is 12.2 Å². The van der Waals surface area contributed by atoms with E-state index in [1.165, 1.54) is 6.42 Å². The summed E-state index contributed by atoms with van der Waals surface area (Å²) in [5.74, 6) is 1.04. The zero-order valence-corrected chi connectivity index (χ0v) is 9.89. The molecule has 0 aliphatic carbocycles. The van der Waals surface area contributed by atoms with Crippen LogP contribution in [0, 0.1) is 0 Å². The maximum Gasteiger partial charge on any atom is 0.249 e. The number of methoxy groups -OCH3 is 1. The number of carbonyl (C=O) groups is 1. The van der Waals surface area contributed by atoms with Crippen molar-refractivity contribution in [2.45, 2.75) is 44.1 Å². The minimum absolute atomic E-state index is 0.00709. The topological polar surface area (TPSA) is 38.3 Å². The number of carbonyl (C=O) groups excluding carboxylic acids is 1. The summed E-state index contributed by atoms with van der Waals surface area (Å²) in [6.07, 6.45) is 1.95. The average Bonchev–Trinajstić information content (AvgIpc) is 2.20. The maximum atomic E-state index is 11.5. The van der Waals surface area contributed by atoms with Crippen molar-refractivity contribution < 1.29 is 9.53 Å². The molecule has 1 saturated heterocycles. The van der Waals surface area contributed by atoms with E-state index in [0.29, 0.717) is 6.04 Å². The predicted octanol–water partition coefficient (Wildman–Crippen LogP) is 1.42. The molecule has 1 amide bonds. The lowest BCUT2D eigenvalue weighted by Crippen LogP contribution is -2.44. The second-order valence-electron chi connectivity index (χ2n) is 3.80. The van der Waals surface area contributed by atoms with Crippen molar-refractivity contribution in [3.8, 4) is 0 Å². The number of hydrogen-bond acceptors (Lipinski definition) is 3. The van der Waals surface area contributed by atoms with Crippen molar-refractivity contribution in [3.05, 3.63) is 0 Å². The molecule has 3 nitrogen and oxygen atoms in total. The summed E-state index contributed by atoms with van der Waals surface area (Å²) in [5, 5.41) is 3.74. The number of rotatable bonds is 3. The van der Waals surface area contributed by atoms with Crippen LogP contribution in [0.2, 0.25) is 0 Å². The monoisotopic (exact) mass is 217 g/mol. The van der Waals surface area contributed by atoms with Crippen LogP contribution in [0.1, 0.15) is 26.7 Å². The van der Waals surface area contributed by atoms with Gasteiger partial charge in [-0.2, -0.15) is 11.8 Å². The predicted molar refractivity (Wildman–Crippen MR) is 59.6 cm³/mol. The van der Waals surface area contributed by atoms with E-state index in [-0.39, 0.29) is 12.0 Å².